The number of nitrogens with one attached hydrogen (secondary N) is 1. The highest BCUT2D eigenvalue weighted by atomic mass is 16.5. The molecule has 0 aromatic rings. The summed E-state index contributed by atoms with van der Waals surface area (Å²) in [7, 11) is 0. The Morgan fingerprint density at radius 1 is 1.06 bits per heavy atom. The van der Waals surface area contributed by atoms with Crippen LogP contribution in [0.2, 0.25) is 0 Å². The first-order chi connectivity index (χ1) is 7.58. The predicted octanol–water partition coefficient (Wildman–Crippen LogP) is 3.75. The van der Waals surface area contributed by atoms with Gasteiger partial charge in [0.1, 0.15) is 0 Å². The lowest BCUT2D eigenvalue weighted by Crippen LogP contribution is -2.48. The van der Waals surface area contributed by atoms with E-state index in [1.807, 2.05) is 0 Å². The van der Waals surface area contributed by atoms with Crippen LogP contribution in [0.15, 0.2) is 0 Å². The van der Waals surface area contributed by atoms with E-state index in [1.165, 1.54) is 32.1 Å². The van der Waals surface area contributed by atoms with E-state index in [0.29, 0.717) is 6.04 Å². The molecule has 0 bridgehead atoms. The van der Waals surface area contributed by atoms with Crippen molar-refractivity contribution < 1.29 is 4.74 Å². The molecule has 0 fully saturated rings. The smallest absolute Gasteiger partial charge is 0.0778 e. The summed E-state index contributed by atoms with van der Waals surface area (Å²) in [5.41, 5.74) is -0.0447. The molecule has 2 heteroatoms. The fourth-order valence-electron chi connectivity index (χ4n) is 2.19. The van der Waals surface area contributed by atoms with Crippen LogP contribution in [0.4, 0.5) is 0 Å². The van der Waals surface area contributed by atoms with Gasteiger partial charge < -0.3 is 10.1 Å². The summed E-state index contributed by atoms with van der Waals surface area (Å²) in [6, 6.07) is 0.481. The Bertz CT molecular complexity index is 157. The van der Waals surface area contributed by atoms with Gasteiger partial charge in [-0.2, -0.15) is 0 Å². The molecule has 0 aromatic heterocycles. The second-order valence-corrected chi connectivity index (χ2v) is 5.00. The van der Waals surface area contributed by atoms with E-state index < -0.39 is 0 Å². The average Bonchev–Trinajstić information content (AvgIpc) is 2.22. The van der Waals surface area contributed by atoms with Crippen LogP contribution in [0.25, 0.3) is 0 Å². The molecule has 1 N–H and O–H groups in total. The van der Waals surface area contributed by atoms with Crippen molar-refractivity contribution in [1.82, 2.24) is 5.32 Å². The summed E-state index contributed by atoms with van der Waals surface area (Å²) >= 11 is 0. The molecule has 0 aliphatic carbocycles. The minimum atomic E-state index is -0.0447. The third-order valence-electron chi connectivity index (χ3n) is 3.15. The molecule has 0 rings (SSSR count). The van der Waals surface area contributed by atoms with Crippen LogP contribution in [0, 0.1) is 0 Å². The summed E-state index contributed by atoms with van der Waals surface area (Å²) in [4.78, 5) is 0. The maximum absolute atomic E-state index is 5.84. The van der Waals surface area contributed by atoms with Crippen LogP contribution in [-0.2, 0) is 4.74 Å². The van der Waals surface area contributed by atoms with Crippen molar-refractivity contribution in [3.63, 3.8) is 0 Å². The standard InChI is InChI=1S/C14H31NO/c1-6-9-10-11-12-13(15-7-2)14(4,5)16-8-3/h13,15H,6-12H2,1-5H3. The average molecular weight is 229 g/mol. The molecule has 16 heavy (non-hydrogen) atoms. The Kier molecular flexibility index (Phi) is 8.96. The van der Waals surface area contributed by atoms with Gasteiger partial charge in [0.2, 0.25) is 0 Å². The van der Waals surface area contributed by atoms with Gasteiger partial charge in [0, 0.05) is 12.6 Å². The summed E-state index contributed by atoms with van der Waals surface area (Å²) in [5, 5.41) is 3.56. The van der Waals surface area contributed by atoms with Crippen molar-refractivity contribution >= 4 is 0 Å². The first-order valence-corrected chi connectivity index (χ1v) is 6.95. The van der Waals surface area contributed by atoms with E-state index in [1.54, 1.807) is 0 Å². The summed E-state index contributed by atoms with van der Waals surface area (Å²) < 4.78 is 5.84. The molecule has 1 unspecified atom stereocenters. The Morgan fingerprint density at radius 2 is 1.75 bits per heavy atom. The number of rotatable bonds is 10. The highest BCUT2D eigenvalue weighted by Crippen LogP contribution is 2.20. The van der Waals surface area contributed by atoms with Crippen LogP contribution in [0.5, 0.6) is 0 Å². The molecule has 0 heterocycles. The lowest BCUT2D eigenvalue weighted by molar-refractivity contribution is -0.0402. The minimum Gasteiger partial charge on any atom is -0.374 e. The number of hydrogen-bond acceptors (Lipinski definition) is 2. The third kappa shape index (κ3) is 6.49. The second kappa shape index (κ2) is 9.00. The number of likely N-dealkylation sites (N-methyl/N-ethyl adjacent to an activating group) is 1. The molecule has 0 aliphatic heterocycles. The number of hydrogen-bond donors (Lipinski definition) is 1. The minimum absolute atomic E-state index is 0.0447. The first kappa shape index (κ1) is 15.9. The van der Waals surface area contributed by atoms with Gasteiger partial charge in [-0.3, -0.25) is 0 Å². The molecule has 0 saturated heterocycles. The lowest BCUT2D eigenvalue weighted by Gasteiger charge is -2.35. The molecule has 0 saturated carbocycles. The molecule has 98 valence electrons. The molecule has 0 spiro atoms. The molecule has 2 nitrogen and oxygen atoms in total. The van der Waals surface area contributed by atoms with E-state index in [2.05, 4.69) is 39.9 Å². The van der Waals surface area contributed by atoms with Crippen molar-refractivity contribution in [2.45, 2.75) is 78.4 Å². The summed E-state index contributed by atoms with van der Waals surface area (Å²) in [6.45, 7) is 12.7. The third-order valence-corrected chi connectivity index (χ3v) is 3.15. The van der Waals surface area contributed by atoms with Crippen molar-refractivity contribution in [2.75, 3.05) is 13.2 Å². The van der Waals surface area contributed by atoms with Crippen molar-refractivity contribution in [1.29, 1.82) is 0 Å². The zero-order valence-corrected chi connectivity index (χ0v) is 11.9. The highest BCUT2D eigenvalue weighted by Gasteiger charge is 2.28. The normalized spacial score (nSPS) is 14.1. The van der Waals surface area contributed by atoms with Gasteiger partial charge in [-0.1, -0.05) is 39.5 Å². The van der Waals surface area contributed by atoms with E-state index in [9.17, 15) is 0 Å². The fraction of sp³-hybridized carbons (Fsp3) is 1.00. The molecule has 0 aliphatic rings. The van der Waals surface area contributed by atoms with E-state index in [-0.39, 0.29) is 5.60 Å². The van der Waals surface area contributed by atoms with Crippen LogP contribution in [-0.4, -0.2) is 24.8 Å². The van der Waals surface area contributed by atoms with Crippen LogP contribution in [0.3, 0.4) is 0 Å². The van der Waals surface area contributed by atoms with Crippen LogP contribution >= 0.6 is 0 Å². The first-order valence-electron chi connectivity index (χ1n) is 6.95. The van der Waals surface area contributed by atoms with Gasteiger partial charge in [-0.15, -0.1) is 0 Å². The monoisotopic (exact) mass is 229 g/mol. The Labute approximate surface area is 102 Å². The largest absolute Gasteiger partial charge is 0.374 e. The van der Waals surface area contributed by atoms with Gasteiger partial charge >= 0.3 is 0 Å². The van der Waals surface area contributed by atoms with Crippen molar-refractivity contribution in [2.24, 2.45) is 0 Å². The SMILES string of the molecule is CCCCCCC(NCC)C(C)(C)OCC. The second-order valence-electron chi connectivity index (χ2n) is 5.00. The van der Waals surface area contributed by atoms with Crippen LogP contribution in [0.1, 0.15) is 66.7 Å². The maximum atomic E-state index is 5.84. The Balaban J connectivity index is 4.03. The molecular weight excluding hydrogens is 198 g/mol. The van der Waals surface area contributed by atoms with E-state index in [0.717, 1.165) is 13.2 Å². The van der Waals surface area contributed by atoms with Crippen LogP contribution < -0.4 is 5.32 Å². The number of unbranched alkanes of at least 4 members (excludes halogenated alkanes) is 3. The van der Waals surface area contributed by atoms with E-state index in [4.69, 9.17) is 4.74 Å². The molecular formula is C14H31NO. The van der Waals surface area contributed by atoms with Crippen molar-refractivity contribution in [3.05, 3.63) is 0 Å². The Hall–Kier alpha value is -0.0800. The fourth-order valence-corrected chi connectivity index (χ4v) is 2.19. The summed E-state index contributed by atoms with van der Waals surface area (Å²) in [5.74, 6) is 0. The number of ether oxygens (including phenoxy) is 1. The molecule has 0 radical (unpaired) electrons. The molecule has 0 aromatic carbocycles. The Morgan fingerprint density at radius 3 is 2.25 bits per heavy atom. The zero-order valence-electron chi connectivity index (χ0n) is 11.9. The van der Waals surface area contributed by atoms with Crippen molar-refractivity contribution in [3.8, 4) is 0 Å². The van der Waals surface area contributed by atoms with Gasteiger partial charge in [0.25, 0.3) is 0 Å². The van der Waals surface area contributed by atoms with Gasteiger partial charge in [-0.25, -0.2) is 0 Å². The maximum Gasteiger partial charge on any atom is 0.0778 e. The van der Waals surface area contributed by atoms with Gasteiger partial charge in [0.15, 0.2) is 0 Å². The van der Waals surface area contributed by atoms with E-state index >= 15 is 0 Å². The molecule has 1 atom stereocenters. The predicted molar refractivity (Wildman–Crippen MR) is 71.9 cm³/mol. The quantitative estimate of drug-likeness (QED) is 0.576. The summed E-state index contributed by atoms with van der Waals surface area (Å²) in [6.07, 6.45) is 6.54. The van der Waals surface area contributed by atoms with Gasteiger partial charge in [0.05, 0.1) is 5.60 Å². The lowest BCUT2D eigenvalue weighted by atomic mass is 9.93. The highest BCUT2D eigenvalue weighted by molar-refractivity contribution is 4.85. The molecule has 0 amide bonds. The zero-order chi connectivity index (χ0) is 12.4. The topological polar surface area (TPSA) is 21.3 Å². The van der Waals surface area contributed by atoms with Gasteiger partial charge in [-0.05, 0) is 33.7 Å².